The Kier molecular flexibility index (Phi) is 6.74. The predicted molar refractivity (Wildman–Crippen MR) is 74.7 cm³/mol. The molecule has 0 aliphatic carbocycles. The quantitative estimate of drug-likeness (QED) is 0.730. The van der Waals surface area contributed by atoms with Crippen molar-refractivity contribution < 1.29 is 19.4 Å². The van der Waals surface area contributed by atoms with Crippen LogP contribution in [0.2, 0.25) is 0 Å². The highest BCUT2D eigenvalue weighted by Crippen LogP contribution is 2.10. The lowest BCUT2D eigenvalue weighted by atomic mass is 10.1. The maximum absolute atomic E-state index is 12.1. The molecule has 1 saturated heterocycles. The zero-order valence-electron chi connectivity index (χ0n) is 12.5. The molecular formula is C13H25N3O4. The highest BCUT2D eigenvalue weighted by molar-refractivity contribution is 5.76. The molecule has 0 radical (unpaired) electrons. The molecule has 2 amide bonds. The summed E-state index contributed by atoms with van der Waals surface area (Å²) in [6.07, 6.45) is -0.0840. The van der Waals surface area contributed by atoms with Gasteiger partial charge in [0.2, 0.25) is 0 Å². The number of carboxylic acid groups (broad SMARTS) is 1. The fourth-order valence-corrected chi connectivity index (χ4v) is 1.99. The third kappa shape index (κ3) is 5.34. The molecule has 1 heterocycles. The highest BCUT2D eigenvalue weighted by Gasteiger charge is 2.28. The Labute approximate surface area is 119 Å². The molecule has 116 valence electrons. The van der Waals surface area contributed by atoms with E-state index in [0.717, 1.165) is 6.54 Å². The zero-order chi connectivity index (χ0) is 15.1. The molecule has 2 N–H and O–H groups in total. The molecule has 1 rings (SSSR count). The normalized spacial score (nSPS) is 19.4. The molecule has 0 aromatic heterocycles. The van der Waals surface area contributed by atoms with Crippen molar-refractivity contribution in [3.63, 3.8) is 0 Å². The predicted octanol–water partition coefficient (Wildman–Crippen LogP) is 0.212. The first-order valence-electron chi connectivity index (χ1n) is 6.96. The lowest BCUT2D eigenvalue weighted by Gasteiger charge is -2.35. The Morgan fingerprint density at radius 3 is 2.80 bits per heavy atom. The van der Waals surface area contributed by atoms with Crippen molar-refractivity contribution in [2.45, 2.75) is 32.4 Å². The van der Waals surface area contributed by atoms with Crippen LogP contribution < -0.4 is 5.32 Å². The fourth-order valence-electron chi connectivity index (χ4n) is 1.99. The maximum atomic E-state index is 12.1. The van der Waals surface area contributed by atoms with Gasteiger partial charge in [-0.1, -0.05) is 0 Å². The molecule has 0 aromatic rings. The van der Waals surface area contributed by atoms with E-state index in [0.29, 0.717) is 25.7 Å². The summed E-state index contributed by atoms with van der Waals surface area (Å²) in [6.45, 7) is 6.66. The third-order valence-corrected chi connectivity index (χ3v) is 3.52. The van der Waals surface area contributed by atoms with Crippen LogP contribution in [-0.4, -0.2) is 78.9 Å². The number of rotatable bonds is 6. The van der Waals surface area contributed by atoms with Gasteiger partial charge in [0.05, 0.1) is 25.7 Å². The first-order chi connectivity index (χ1) is 9.41. The summed E-state index contributed by atoms with van der Waals surface area (Å²) >= 11 is 0. The minimum absolute atomic E-state index is 0.0840. The van der Waals surface area contributed by atoms with Gasteiger partial charge in [-0.2, -0.15) is 0 Å². The number of hydrogen-bond donors (Lipinski definition) is 2. The van der Waals surface area contributed by atoms with Crippen LogP contribution in [0.25, 0.3) is 0 Å². The van der Waals surface area contributed by atoms with E-state index in [1.807, 2.05) is 7.05 Å². The number of nitrogens with zero attached hydrogens (tertiary/aromatic N) is 2. The second-order valence-electron chi connectivity index (χ2n) is 5.33. The van der Waals surface area contributed by atoms with Crippen molar-refractivity contribution in [2.24, 2.45) is 0 Å². The average molecular weight is 287 g/mol. The van der Waals surface area contributed by atoms with Gasteiger partial charge in [0.25, 0.3) is 0 Å². The number of hydrogen-bond acceptors (Lipinski definition) is 4. The molecule has 1 fully saturated rings. The minimum atomic E-state index is -0.919. The maximum Gasteiger partial charge on any atom is 0.317 e. The van der Waals surface area contributed by atoms with E-state index in [1.165, 1.54) is 0 Å². The number of aliphatic carboxylic acids is 1. The van der Waals surface area contributed by atoms with E-state index in [-0.39, 0.29) is 25.1 Å². The van der Waals surface area contributed by atoms with Crippen molar-refractivity contribution in [1.82, 2.24) is 15.1 Å². The molecule has 0 bridgehead atoms. The van der Waals surface area contributed by atoms with Gasteiger partial charge in [-0.3, -0.25) is 4.79 Å². The number of carbonyl (C=O) groups excluding carboxylic acids is 1. The number of morpholine rings is 1. The Balaban J connectivity index is 2.41. The van der Waals surface area contributed by atoms with Crippen molar-refractivity contribution >= 4 is 12.0 Å². The Bertz CT molecular complexity index is 336. The molecule has 20 heavy (non-hydrogen) atoms. The zero-order valence-corrected chi connectivity index (χ0v) is 12.5. The molecule has 7 heteroatoms. The number of carbonyl (C=O) groups is 2. The fraction of sp³-hybridized carbons (Fsp3) is 0.846. The first kappa shape index (κ1) is 16.7. The molecule has 1 aliphatic rings. The molecule has 1 atom stereocenters. The van der Waals surface area contributed by atoms with Crippen LogP contribution in [0.5, 0.6) is 0 Å². The Morgan fingerprint density at radius 1 is 1.50 bits per heavy atom. The van der Waals surface area contributed by atoms with Gasteiger partial charge >= 0.3 is 12.0 Å². The van der Waals surface area contributed by atoms with Gasteiger partial charge in [-0.25, -0.2) is 4.79 Å². The van der Waals surface area contributed by atoms with Crippen molar-refractivity contribution in [3.8, 4) is 0 Å². The van der Waals surface area contributed by atoms with E-state index in [1.54, 1.807) is 4.90 Å². The van der Waals surface area contributed by atoms with Gasteiger partial charge in [-0.05, 0) is 20.9 Å². The minimum Gasteiger partial charge on any atom is -0.481 e. The number of carboxylic acids is 1. The number of ether oxygens (including phenoxy) is 1. The summed E-state index contributed by atoms with van der Waals surface area (Å²) < 4.78 is 5.24. The van der Waals surface area contributed by atoms with Crippen LogP contribution in [0.4, 0.5) is 4.79 Å². The Morgan fingerprint density at radius 2 is 2.20 bits per heavy atom. The summed E-state index contributed by atoms with van der Waals surface area (Å²) in [5.41, 5.74) is 0. The standard InChI is InChI=1S/C13H25N3O4/c1-10(2)15(3)5-4-14-13(19)16-6-7-20-9-11(16)8-12(17)18/h10-11H,4-9H2,1-3H3,(H,14,19)(H,17,18). The van der Waals surface area contributed by atoms with Gasteiger partial charge in [-0.15, -0.1) is 0 Å². The van der Waals surface area contributed by atoms with Crippen LogP contribution in [0.15, 0.2) is 0 Å². The first-order valence-corrected chi connectivity index (χ1v) is 6.96. The summed E-state index contributed by atoms with van der Waals surface area (Å²) in [5, 5.41) is 11.7. The van der Waals surface area contributed by atoms with E-state index in [4.69, 9.17) is 9.84 Å². The highest BCUT2D eigenvalue weighted by atomic mass is 16.5. The molecule has 7 nitrogen and oxygen atoms in total. The van der Waals surface area contributed by atoms with Crippen LogP contribution >= 0.6 is 0 Å². The van der Waals surface area contributed by atoms with E-state index < -0.39 is 5.97 Å². The molecule has 0 spiro atoms. The summed E-state index contributed by atoms with van der Waals surface area (Å²) in [4.78, 5) is 26.6. The monoisotopic (exact) mass is 287 g/mol. The molecule has 0 saturated carbocycles. The second kappa shape index (κ2) is 8.06. The number of urea groups is 1. The molecule has 1 aliphatic heterocycles. The van der Waals surface area contributed by atoms with Crippen molar-refractivity contribution in [2.75, 3.05) is 39.9 Å². The summed E-state index contributed by atoms with van der Waals surface area (Å²) in [5.74, 6) is -0.919. The number of likely N-dealkylation sites (N-methyl/N-ethyl adjacent to an activating group) is 1. The van der Waals surface area contributed by atoms with E-state index >= 15 is 0 Å². The number of amides is 2. The van der Waals surface area contributed by atoms with Crippen molar-refractivity contribution in [1.29, 1.82) is 0 Å². The summed E-state index contributed by atoms with van der Waals surface area (Å²) in [6, 6.07) is -0.171. The molecular weight excluding hydrogens is 262 g/mol. The summed E-state index contributed by atoms with van der Waals surface area (Å²) in [7, 11) is 2.00. The van der Waals surface area contributed by atoms with Gasteiger partial charge in [0.1, 0.15) is 0 Å². The van der Waals surface area contributed by atoms with Gasteiger partial charge < -0.3 is 25.0 Å². The van der Waals surface area contributed by atoms with Crippen LogP contribution in [-0.2, 0) is 9.53 Å². The van der Waals surface area contributed by atoms with Crippen molar-refractivity contribution in [3.05, 3.63) is 0 Å². The van der Waals surface area contributed by atoms with Gasteiger partial charge in [0.15, 0.2) is 0 Å². The topological polar surface area (TPSA) is 82.1 Å². The lowest BCUT2D eigenvalue weighted by molar-refractivity contribution is -0.139. The second-order valence-corrected chi connectivity index (χ2v) is 5.33. The van der Waals surface area contributed by atoms with E-state index in [2.05, 4.69) is 24.1 Å². The molecule has 0 aromatic carbocycles. The molecule has 1 unspecified atom stereocenters. The third-order valence-electron chi connectivity index (χ3n) is 3.52. The van der Waals surface area contributed by atoms with Crippen LogP contribution in [0.3, 0.4) is 0 Å². The van der Waals surface area contributed by atoms with Crippen LogP contribution in [0.1, 0.15) is 20.3 Å². The SMILES string of the molecule is CC(C)N(C)CCNC(=O)N1CCOCC1CC(=O)O. The van der Waals surface area contributed by atoms with E-state index in [9.17, 15) is 9.59 Å². The smallest absolute Gasteiger partial charge is 0.317 e. The lowest BCUT2D eigenvalue weighted by Crippen LogP contribution is -2.53. The average Bonchev–Trinajstić information content (AvgIpc) is 2.38. The van der Waals surface area contributed by atoms with Crippen LogP contribution in [0, 0.1) is 0 Å². The van der Waals surface area contributed by atoms with Gasteiger partial charge in [0, 0.05) is 25.7 Å². The number of nitrogens with one attached hydrogen (secondary N) is 1. The Hall–Kier alpha value is -1.34. The largest absolute Gasteiger partial charge is 0.481 e.